The molecule has 5 heavy (non-hydrogen) atoms. The first-order valence-corrected chi connectivity index (χ1v) is 1.91. The minimum atomic E-state index is 0.500. The van der Waals surface area contributed by atoms with E-state index in [-0.39, 0.29) is 0 Å². The molecule has 0 nitrogen and oxygen atoms in total. The van der Waals surface area contributed by atoms with Crippen LogP contribution >= 0.6 is 0 Å². The Balaban J connectivity index is 2.47. The fourth-order valence-corrected chi connectivity index (χ4v) is 0.167. The molecule has 0 atom stereocenters. The van der Waals surface area contributed by atoms with Gasteiger partial charge in [-0.05, 0) is 0 Å². The van der Waals surface area contributed by atoms with Crippen molar-refractivity contribution in [2.45, 2.75) is 19.1 Å². The van der Waals surface area contributed by atoms with E-state index in [4.69, 9.17) is 0 Å². The Morgan fingerprint density at radius 3 is 1.40 bits per heavy atom. The summed E-state index contributed by atoms with van der Waals surface area (Å²) >= 11 is 0. The molecule has 0 aromatic rings. The quantitative estimate of drug-likeness (QED) is 0.359. The number of hydrogen-bond donors (Lipinski definition) is 0. The average molecular weight is 63.7 g/mol. The van der Waals surface area contributed by atoms with Crippen LogP contribution in [0.2, 0.25) is 5.21 Å². The molecule has 0 aliphatic carbocycles. The summed E-state index contributed by atoms with van der Waals surface area (Å²) in [7, 11) is 0. The fourth-order valence-electron chi connectivity index (χ4n) is 0.167. The van der Waals surface area contributed by atoms with E-state index in [2.05, 4.69) is 27.5 Å². The molecule has 0 saturated carbocycles. The second-order valence-electron chi connectivity index (χ2n) is 2.15. The molecule has 0 N–H and O–H groups in total. The van der Waals surface area contributed by atoms with Crippen molar-refractivity contribution in [3.8, 4) is 0 Å². The molecule has 1 aliphatic heterocycles. The summed E-state index contributed by atoms with van der Waals surface area (Å²) in [4.78, 5) is 0. The van der Waals surface area contributed by atoms with Crippen molar-refractivity contribution in [3.05, 3.63) is 0 Å². The van der Waals surface area contributed by atoms with Crippen molar-refractivity contribution in [3.63, 3.8) is 0 Å². The first-order valence-electron chi connectivity index (χ1n) is 1.91. The standard InChI is InChI=1S/C3H6B2/c1-3(2)4-5-3/h1-2H3. The van der Waals surface area contributed by atoms with Crippen LogP contribution in [0.25, 0.3) is 0 Å². The molecule has 0 bridgehead atoms. The van der Waals surface area contributed by atoms with Crippen molar-refractivity contribution >= 4 is 13.6 Å². The van der Waals surface area contributed by atoms with Crippen molar-refractivity contribution < 1.29 is 0 Å². The van der Waals surface area contributed by atoms with Gasteiger partial charge in [0.1, 0.15) is 0 Å². The van der Waals surface area contributed by atoms with E-state index >= 15 is 0 Å². The summed E-state index contributed by atoms with van der Waals surface area (Å²) in [6.07, 6.45) is 0. The molecule has 24 valence electrons. The van der Waals surface area contributed by atoms with E-state index in [9.17, 15) is 0 Å². The predicted octanol–water partition coefficient (Wildman–Crippen LogP) is 0.479. The normalized spacial score (nSPS) is 23.6. The average Bonchev–Trinajstić information content (AvgIpc) is 1.76. The van der Waals surface area contributed by atoms with Crippen LogP contribution in [-0.2, 0) is 0 Å². The molecular weight excluding hydrogens is 57.7 g/mol. The molecule has 0 aromatic heterocycles. The molecule has 1 heterocycles. The van der Waals surface area contributed by atoms with Gasteiger partial charge < -0.3 is 0 Å². The van der Waals surface area contributed by atoms with Gasteiger partial charge in [-0.1, -0.05) is 0 Å². The molecule has 0 fully saturated rings. The van der Waals surface area contributed by atoms with Gasteiger partial charge in [0.15, 0.2) is 0 Å². The first kappa shape index (κ1) is 3.32. The number of hydrogen-bond acceptors (Lipinski definition) is 0. The Morgan fingerprint density at radius 1 is 1.20 bits per heavy atom. The van der Waals surface area contributed by atoms with Gasteiger partial charge in [-0.3, -0.25) is 0 Å². The monoisotopic (exact) mass is 64.1 g/mol. The molecule has 0 spiro atoms. The van der Waals surface area contributed by atoms with E-state index in [1.54, 1.807) is 0 Å². The van der Waals surface area contributed by atoms with E-state index in [0.717, 1.165) is 0 Å². The zero-order chi connectivity index (χ0) is 3.91. The van der Waals surface area contributed by atoms with Crippen LogP contribution < -0.4 is 0 Å². The summed E-state index contributed by atoms with van der Waals surface area (Å²) in [5, 5.41) is 0.500. The molecular formula is C3H6B2. The Kier molecular flexibility index (Phi) is 0.407. The van der Waals surface area contributed by atoms with Crippen LogP contribution in [-0.4, -0.2) is 13.6 Å². The molecule has 0 saturated heterocycles. The van der Waals surface area contributed by atoms with Gasteiger partial charge in [0.25, 0.3) is 0 Å². The summed E-state index contributed by atoms with van der Waals surface area (Å²) < 4.78 is 0. The van der Waals surface area contributed by atoms with Crippen molar-refractivity contribution in [1.82, 2.24) is 0 Å². The fraction of sp³-hybridized carbons (Fsp3) is 1.00. The summed E-state index contributed by atoms with van der Waals surface area (Å²) in [6.45, 7) is 8.75. The molecule has 1 rings (SSSR count). The Labute approximate surface area is 33.7 Å². The van der Waals surface area contributed by atoms with Gasteiger partial charge in [-0.15, -0.1) is 0 Å². The van der Waals surface area contributed by atoms with Gasteiger partial charge in [-0.25, -0.2) is 0 Å². The van der Waals surface area contributed by atoms with Crippen LogP contribution in [0.4, 0.5) is 0 Å². The third kappa shape index (κ3) is 0.712. The Morgan fingerprint density at radius 2 is 1.40 bits per heavy atom. The summed E-state index contributed by atoms with van der Waals surface area (Å²) in [6, 6.07) is 0. The number of rotatable bonds is 0. The van der Waals surface area contributed by atoms with E-state index < -0.39 is 0 Å². The van der Waals surface area contributed by atoms with E-state index in [1.165, 1.54) is 0 Å². The van der Waals surface area contributed by atoms with Gasteiger partial charge in [-0.2, -0.15) is 0 Å². The van der Waals surface area contributed by atoms with E-state index in [1.807, 2.05) is 0 Å². The van der Waals surface area contributed by atoms with Crippen molar-refractivity contribution in [2.24, 2.45) is 0 Å². The van der Waals surface area contributed by atoms with Crippen molar-refractivity contribution in [2.75, 3.05) is 0 Å². The molecule has 1 aliphatic rings. The zero-order valence-corrected chi connectivity index (χ0v) is 3.65. The zero-order valence-electron chi connectivity index (χ0n) is 3.65. The third-order valence-corrected chi connectivity index (χ3v) is 0.833. The second-order valence-corrected chi connectivity index (χ2v) is 2.15. The van der Waals surface area contributed by atoms with Gasteiger partial charge >= 0.3 is 32.7 Å². The summed E-state index contributed by atoms with van der Waals surface area (Å²) in [5.41, 5.74) is 0. The minimum absolute atomic E-state index is 0.500. The van der Waals surface area contributed by atoms with Gasteiger partial charge in [0.2, 0.25) is 0 Å². The predicted molar refractivity (Wildman–Crippen MR) is 25.5 cm³/mol. The molecule has 2 heteroatoms. The maximum atomic E-state index is 2.19. The van der Waals surface area contributed by atoms with Gasteiger partial charge in [0, 0.05) is 0 Å². The summed E-state index contributed by atoms with van der Waals surface area (Å²) in [5.74, 6) is 0. The van der Waals surface area contributed by atoms with Crippen LogP contribution in [0.1, 0.15) is 13.8 Å². The van der Waals surface area contributed by atoms with E-state index in [0.29, 0.717) is 5.21 Å². The first-order chi connectivity index (χ1) is 2.21. The second kappa shape index (κ2) is 0.612. The van der Waals surface area contributed by atoms with Crippen molar-refractivity contribution in [1.29, 1.82) is 0 Å². The van der Waals surface area contributed by atoms with Crippen LogP contribution in [0.5, 0.6) is 0 Å². The van der Waals surface area contributed by atoms with Crippen LogP contribution in [0.15, 0.2) is 0 Å². The SMILES string of the molecule is CC1(C)B=B1. The van der Waals surface area contributed by atoms with Crippen LogP contribution in [0, 0.1) is 0 Å². The molecule has 0 radical (unpaired) electrons. The Hall–Kier alpha value is 0.130. The third-order valence-electron chi connectivity index (χ3n) is 0.833. The topological polar surface area (TPSA) is 0 Å². The maximum absolute atomic E-state index is 2.19. The molecule has 0 unspecified atom stereocenters. The van der Waals surface area contributed by atoms with Crippen LogP contribution in [0.3, 0.4) is 0 Å². The molecule has 0 amide bonds. The van der Waals surface area contributed by atoms with Gasteiger partial charge in [0.05, 0.1) is 0 Å². The molecule has 0 aromatic carbocycles. The Bertz CT molecular complexity index is 65.0.